The van der Waals surface area contributed by atoms with Crippen molar-refractivity contribution < 1.29 is 22.7 Å². The van der Waals surface area contributed by atoms with Crippen molar-refractivity contribution in [3.05, 3.63) is 46.2 Å². The van der Waals surface area contributed by atoms with Gasteiger partial charge in [0.1, 0.15) is 5.69 Å². The lowest BCUT2D eigenvalue weighted by Crippen LogP contribution is -2.28. The van der Waals surface area contributed by atoms with Crippen LogP contribution in [0.3, 0.4) is 0 Å². The van der Waals surface area contributed by atoms with Crippen LogP contribution in [0, 0.1) is 6.92 Å². The van der Waals surface area contributed by atoms with Crippen molar-refractivity contribution in [1.82, 2.24) is 15.3 Å². The third kappa shape index (κ3) is 5.30. The topological polar surface area (TPSA) is 76.1 Å². The van der Waals surface area contributed by atoms with E-state index in [1.807, 2.05) is 0 Å². The fourth-order valence-corrected chi connectivity index (χ4v) is 2.25. The van der Waals surface area contributed by atoms with Crippen LogP contribution in [0.4, 0.5) is 24.8 Å². The number of hydrogen-bond acceptors (Lipinski definition) is 5. The van der Waals surface area contributed by atoms with Gasteiger partial charge < -0.3 is 15.4 Å². The van der Waals surface area contributed by atoms with Crippen molar-refractivity contribution >= 4 is 29.1 Å². The van der Waals surface area contributed by atoms with Crippen LogP contribution in [-0.4, -0.2) is 36.1 Å². The van der Waals surface area contributed by atoms with E-state index in [0.29, 0.717) is 12.3 Å². The lowest BCUT2D eigenvalue weighted by molar-refractivity contribution is -0.136. The Morgan fingerprint density at radius 2 is 2.00 bits per heavy atom. The molecule has 2 N–H and O–H groups in total. The molecule has 6 nitrogen and oxygen atoms in total. The maximum Gasteiger partial charge on any atom is 0.418 e. The molecule has 26 heavy (non-hydrogen) atoms. The van der Waals surface area contributed by atoms with Crippen LogP contribution in [-0.2, 0) is 10.9 Å². The molecule has 140 valence electrons. The molecule has 0 unspecified atom stereocenters. The van der Waals surface area contributed by atoms with Crippen molar-refractivity contribution in [2.75, 3.05) is 25.6 Å². The summed E-state index contributed by atoms with van der Waals surface area (Å²) < 4.78 is 44.4. The number of nitrogens with one attached hydrogen (secondary N) is 2. The maximum atomic E-state index is 13.2. The SMILES string of the molecule is COCCNC(=O)c1cc(C)nc(Nc2ccc(Cl)cc2C(F)(F)F)n1. The number of anilines is 2. The van der Waals surface area contributed by atoms with Gasteiger partial charge in [-0.25, -0.2) is 9.97 Å². The van der Waals surface area contributed by atoms with E-state index in [1.165, 1.54) is 25.3 Å². The summed E-state index contributed by atoms with van der Waals surface area (Å²) in [4.78, 5) is 20.1. The number of halogens is 4. The number of methoxy groups -OCH3 is 1. The molecule has 0 aliphatic carbocycles. The summed E-state index contributed by atoms with van der Waals surface area (Å²) in [5, 5.41) is 5.04. The van der Waals surface area contributed by atoms with Crippen molar-refractivity contribution in [3.8, 4) is 0 Å². The smallest absolute Gasteiger partial charge is 0.383 e. The van der Waals surface area contributed by atoms with Crippen LogP contribution >= 0.6 is 11.6 Å². The monoisotopic (exact) mass is 388 g/mol. The highest BCUT2D eigenvalue weighted by molar-refractivity contribution is 6.30. The average molecular weight is 389 g/mol. The van der Waals surface area contributed by atoms with Gasteiger partial charge in [-0.2, -0.15) is 13.2 Å². The minimum absolute atomic E-state index is 0.0265. The van der Waals surface area contributed by atoms with E-state index >= 15 is 0 Å². The first-order valence-corrected chi connectivity index (χ1v) is 7.85. The lowest BCUT2D eigenvalue weighted by Gasteiger charge is -2.14. The standard InChI is InChI=1S/C16H16ClF3N4O2/c1-9-7-13(14(25)21-5-6-26-2)24-15(22-9)23-12-4-3-10(17)8-11(12)16(18,19)20/h3-4,7-8H,5-6H2,1-2H3,(H,21,25)(H,22,23,24). The van der Waals surface area contributed by atoms with Crippen molar-refractivity contribution in [1.29, 1.82) is 0 Å². The number of carbonyl (C=O) groups excluding carboxylic acids is 1. The number of hydrogen-bond donors (Lipinski definition) is 2. The fraction of sp³-hybridized carbons (Fsp3) is 0.312. The normalized spacial score (nSPS) is 11.3. The Hall–Kier alpha value is -2.39. The fourth-order valence-electron chi connectivity index (χ4n) is 2.08. The van der Waals surface area contributed by atoms with E-state index in [0.717, 1.165) is 6.07 Å². The number of alkyl halides is 3. The molecule has 0 fully saturated rings. The van der Waals surface area contributed by atoms with Gasteiger partial charge in [0.25, 0.3) is 5.91 Å². The first kappa shape index (κ1) is 19.9. The van der Waals surface area contributed by atoms with Crippen molar-refractivity contribution in [2.45, 2.75) is 13.1 Å². The van der Waals surface area contributed by atoms with Gasteiger partial charge in [0.15, 0.2) is 0 Å². The van der Waals surface area contributed by atoms with E-state index in [9.17, 15) is 18.0 Å². The highest BCUT2D eigenvalue weighted by Crippen LogP contribution is 2.37. The highest BCUT2D eigenvalue weighted by atomic mass is 35.5. The number of ether oxygens (including phenoxy) is 1. The molecule has 0 bridgehead atoms. The van der Waals surface area contributed by atoms with Crippen LogP contribution < -0.4 is 10.6 Å². The van der Waals surface area contributed by atoms with Crippen molar-refractivity contribution in [3.63, 3.8) is 0 Å². The summed E-state index contributed by atoms with van der Waals surface area (Å²) >= 11 is 5.66. The van der Waals surface area contributed by atoms with Crippen LogP contribution in [0.25, 0.3) is 0 Å². The van der Waals surface area contributed by atoms with Gasteiger partial charge in [0, 0.05) is 24.4 Å². The Morgan fingerprint density at radius 1 is 1.27 bits per heavy atom. The Bertz CT molecular complexity index is 800. The summed E-state index contributed by atoms with van der Waals surface area (Å²) in [7, 11) is 1.49. The third-order valence-electron chi connectivity index (χ3n) is 3.21. The van der Waals surface area contributed by atoms with Gasteiger partial charge in [-0.05, 0) is 31.2 Å². The summed E-state index contributed by atoms with van der Waals surface area (Å²) in [6.45, 7) is 2.20. The zero-order valence-corrected chi connectivity index (χ0v) is 14.7. The molecule has 1 aromatic heterocycles. The molecule has 0 aliphatic heterocycles. The molecule has 2 aromatic rings. The molecule has 0 atom stereocenters. The predicted octanol–water partition coefficient (Wildman–Crippen LogP) is 3.58. The molecule has 10 heteroatoms. The summed E-state index contributed by atoms with van der Waals surface area (Å²) in [6.07, 6.45) is -4.61. The zero-order chi connectivity index (χ0) is 19.3. The second-order valence-electron chi connectivity index (χ2n) is 5.28. The lowest BCUT2D eigenvalue weighted by atomic mass is 10.1. The first-order valence-electron chi connectivity index (χ1n) is 7.47. The van der Waals surface area contributed by atoms with E-state index in [4.69, 9.17) is 16.3 Å². The summed E-state index contributed by atoms with van der Waals surface area (Å²) in [6, 6.07) is 4.72. The number of benzene rings is 1. The zero-order valence-electron chi connectivity index (χ0n) is 13.9. The summed E-state index contributed by atoms with van der Waals surface area (Å²) in [5.74, 6) is -0.613. The molecule has 2 rings (SSSR count). The Morgan fingerprint density at radius 3 is 2.65 bits per heavy atom. The number of amides is 1. The minimum Gasteiger partial charge on any atom is -0.383 e. The summed E-state index contributed by atoms with van der Waals surface area (Å²) in [5.41, 5.74) is -0.778. The van der Waals surface area contributed by atoms with Gasteiger partial charge in [-0.15, -0.1) is 0 Å². The second-order valence-corrected chi connectivity index (χ2v) is 5.72. The molecule has 0 spiro atoms. The number of rotatable bonds is 6. The largest absolute Gasteiger partial charge is 0.418 e. The molecule has 0 radical (unpaired) electrons. The van der Waals surface area contributed by atoms with Crippen LogP contribution in [0.5, 0.6) is 0 Å². The third-order valence-corrected chi connectivity index (χ3v) is 3.45. The van der Waals surface area contributed by atoms with E-state index in [2.05, 4.69) is 20.6 Å². The van der Waals surface area contributed by atoms with Gasteiger partial charge in [0.05, 0.1) is 17.9 Å². The van der Waals surface area contributed by atoms with Gasteiger partial charge in [-0.1, -0.05) is 11.6 Å². The van der Waals surface area contributed by atoms with E-state index in [1.54, 1.807) is 6.92 Å². The van der Waals surface area contributed by atoms with Crippen LogP contribution in [0.1, 0.15) is 21.7 Å². The molecule has 0 saturated heterocycles. The molecular weight excluding hydrogens is 373 g/mol. The predicted molar refractivity (Wildman–Crippen MR) is 90.7 cm³/mol. The molecule has 1 heterocycles. The molecular formula is C16H16ClF3N4O2. The first-order chi connectivity index (χ1) is 12.2. The van der Waals surface area contributed by atoms with Crippen LogP contribution in [0.2, 0.25) is 5.02 Å². The van der Waals surface area contributed by atoms with Crippen LogP contribution in [0.15, 0.2) is 24.3 Å². The Labute approximate surface area is 152 Å². The van der Waals surface area contributed by atoms with Crippen molar-refractivity contribution in [2.24, 2.45) is 0 Å². The van der Waals surface area contributed by atoms with E-state index in [-0.39, 0.29) is 28.9 Å². The number of nitrogens with zero attached hydrogens (tertiary/aromatic N) is 2. The van der Waals surface area contributed by atoms with Gasteiger partial charge >= 0.3 is 6.18 Å². The second kappa shape index (κ2) is 8.33. The van der Waals surface area contributed by atoms with E-state index < -0.39 is 17.6 Å². The molecule has 1 aromatic carbocycles. The maximum absolute atomic E-state index is 13.2. The quantitative estimate of drug-likeness (QED) is 0.740. The molecule has 0 saturated carbocycles. The molecule has 1 amide bonds. The minimum atomic E-state index is -4.61. The number of carbonyl (C=O) groups is 1. The van der Waals surface area contributed by atoms with Gasteiger partial charge in [0.2, 0.25) is 5.95 Å². The molecule has 0 aliphatic rings. The number of aryl methyl sites for hydroxylation is 1. The number of aromatic nitrogens is 2. The van der Waals surface area contributed by atoms with Gasteiger partial charge in [-0.3, -0.25) is 4.79 Å². The average Bonchev–Trinajstić information content (AvgIpc) is 2.55. The Balaban J connectivity index is 2.29. The Kier molecular flexibility index (Phi) is 6.38. The highest BCUT2D eigenvalue weighted by Gasteiger charge is 2.34.